The fraction of sp³-hybridized carbons (Fsp3) is 0.412. The van der Waals surface area contributed by atoms with Crippen LogP contribution < -0.4 is 5.32 Å². The minimum atomic E-state index is -0.822. The summed E-state index contributed by atoms with van der Waals surface area (Å²) < 4.78 is 1.61. The van der Waals surface area contributed by atoms with Crippen LogP contribution in [0.4, 0.5) is 0 Å². The summed E-state index contributed by atoms with van der Waals surface area (Å²) in [5, 5.41) is 16.1. The normalized spacial score (nSPS) is 19.4. The lowest BCUT2D eigenvalue weighted by Crippen LogP contribution is -2.54. The van der Waals surface area contributed by atoms with Crippen LogP contribution in [-0.2, 0) is 4.79 Å². The van der Waals surface area contributed by atoms with Gasteiger partial charge in [-0.15, -0.1) is 0 Å². The monoisotopic (exact) mass is 343 g/mol. The number of hydrogen-bond acceptors (Lipinski definition) is 5. The van der Waals surface area contributed by atoms with Crippen molar-refractivity contribution >= 4 is 11.9 Å². The van der Waals surface area contributed by atoms with Gasteiger partial charge >= 0.3 is 5.97 Å². The van der Waals surface area contributed by atoms with E-state index in [-0.39, 0.29) is 24.5 Å². The highest BCUT2D eigenvalue weighted by Crippen LogP contribution is 2.25. The summed E-state index contributed by atoms with van der Waals surface area (Å²) in [4.78, 5) is 29.1. The molecule has 1 aliphatic carbocycles. The second kappa shape index (κ2) is 7.43. The number of aliphatic carboxylic acids is 1. The van der Waals surface area contributed by atoms with Crippen molar-refractivity contribution in [2.24, 2.45) is 0 Å². The largest absolute Gasteiger partial charge is 0.480 e. The molecule has 0 aromatic carbocycles. The third-order valence-corrected chi connectivity index (χ3v) is 4.46. The van der Waals surface area contributed by atoms with Crippen molar-refractivity contribution < 1.29 is 14.7 Å². The molecule has 8 nitrogen and oxygen atoms in total. The van der Waals surface area contributed by atoms with E-state index in [0.29, 0.717) is 12.1 Å². The van der Waals surface area contributed by atoms with Gasteiger partial charge in [0, 0.05) is 24.5 Å². The molecule has 1 fully saturated rings. The van der Waals surface area contributed by atoms with Gasteiger partial charge in [-0.05, 0) is 31.5 Å². The van der Waals surface area contributed by atoms with Crippen molar-refractivity contribution in [1.82, 2.24) is 25.0 Å². The molecule has 2 aromatic heterocycles. The van der Waals surface area contributed by atoms with E-state index in [0.717, 1.165) is 18.5 Å². The van der Waals surface area contributed by atoms with Crippen LogP contribution in [0.1, 0.15) is 30.1 Å². The van der Waals surface area contributed by atoms with Crippen LogP contribution in [0.3, 0.4) is 0 Å². The molecule has 1 aliphatic rings. The van der Waals surface area contributed by atoms with Crippen molar-refractivity contribution in [1.29, 1.82) is 0 Å². The number of nitrogens with one attached hydrogen (secondary N) is 1. The third kappa shape index (κ3) is 4.03. The van der Waals surface area contributed by atoms with Gasteiger partial charge in [-0.2, -0.15) is 5.10 Å². The molecule has 2 heterocycles. The fourth-order valence-electron chi connectivity index (χ4n) is 3.02. The van der Waals surface area contributed by atoms with E-state index in [1.807, 2.05) is 24.0 Å². The van der Waals surface area contributed by atoms with Crippen LogP contribution in [0.5, 0.6) is 0 Å². The van der Waals surface area contributed by atoms with Gasteiger partial charge < -0.3 is 10.4 Å². The summed E-state index contributed by atoms with van der Waals surface area (Å²) in [6.07, 6.45) is 8.09. The lowest BCUT2D eigenvalue weighted by atomic mass is 9.85. The molecule has 132 valence electrons. The van der Waals surface area contributed by atoms with E-state index in [9.17, 15) is 9.59 Å². The Labute approximate surface area is 145 Å². The predicted molar refractivity (Wildman–Crippen MR) is 90.5 cm³/mol. The summed E-state index contributed by atoms with van der Waals surface area (Å²) in [7, 11) is 0. The Balaban J connectivity index is 1.53. The first-order valence-electron chi connectivity index (χ1n) is 8.28. The van der Waals surface area contributed by atoms with Crippen LogP contribution in [0.2, 0.25) is 0 Å². The summed E-state index contributed by atoms with van der Waals surface area (Å²) in [6, 6.07) is 3.95. The van der Waals surface area contributed by atoms with Gasteiger partial charge in [-0.3, -0.25) is 19.5 Å². The van der Waals surface area contributed by atoms with Gasteiger partial charge in [0.15, 0.2) is 0 Å². The minimum absolute atomic E-state index is 0.0414. The molecule has 0 bridgehead atoms. The standard InChI is InChI=1S/C17H21N5O3/c1-2-21(11-16(23)24)15-6-13(7-15)20-17(25)12-8-19-22(10-12)14-4-3-5-18-9-14/h3-5,8-10,13,15H,2,6-7,11H2,1H3,(H,20,25)(H,23,24). The molecule has 0 saturated heterocycles. The molecule has 0 radical (unpaired) electrons. The van der Waals surface area contributed by atoms with Crippen LogP contribution in [-0.4, -0.2) is 61.8 Å². The molecule has 1 saturated carbocycles. The summed E-state index contributed by atoms with van der Waals surface area (Å²) in [6.45, 7) is 2.68. The molecule has 0 aliphatic heterocycles. The Morgan fingerprint density at radius 1 is 1.40 bits per heavy atom. The average Bonchev–Trinajstić information content (AvgIpc) is 3.06. The lowest BCUT2D eigenvalue weighted by molar-refractivity contribution is -0.139. The number of rotatable bonds is 7. The van der Waals surface area contributed by atoms with E-state index in [1.165, 1.54) is 6.20 Å². The van der Waals surface area contributed by atoms with Gasteiger partial charge in [0.2, 0.25) is 0 Å². The Morgan fingerprint density at radius 3 is 2.84 bits per heavy atom. The maximum absolute atomic E-state index is 12.3. The Morgan fingerprint density at radius 2 is 2.20 bits per heavy atom. The van der Waals surface area contributed by atoms with E-state index in [2.05, 4.69) is 15.4 Å². The van der Waals surface area contributed by atoms with Crippen LogP contribution >= 0.6 is 0 Å². The van der Waals surface area contributed by atoms with Crippen molar-refractivity contribution in [3.63, 3.8) is 0 Å². The fourth-order valence-corrected chi connectivity index (χ4v) is 3.02. The highest BCUT2D eigenvalue weighted by molar-refractivity contribution is 5.94. The number of pyridine rings is 1. The molecule has 3 rings (SSSR count). The van der Waals surface area contributed by atoms with Crippen LogP contribution in [0, 0.1) is 0 Å². The first-order chi connectivity index (χ1) is 12.1. The number of carbonyl (C=O) groups is 2. The highest BCUT2D eigenvalue weighted by atomic mass is 16.4. The Bertz CT molecular complexity index is 740. The average molecular weight is 343 g/mol. The number of likely N-dealkylation sites (N-methyl/N-ethyl adjacent to an activating group) is 1. The molecule has 2 N–H and O–H groups in total. The molecule has 2 aromatic rings. The minimum Gasteiger partial charge on any atom is -0.480 e. The Hall–Kier alpha value is -2.74. The first kappa shape index (κ1) is 17.1. The number of carboxylic acids is 1. The van der Waals surface area contributed by atoms with E-state index in [1.54, 1.807) is 23.3 Å². The maximum Gasteiger partial charge on any atom is 0.317 e. The zero-order valence-corrected chi connectivity index (χ0v) is 14.0. The first-order valence-corrected chi connectivity index (χ1v) is 8.28. The zero-order valence-electron chi connectivity index (χ0n) is 14.0. The Kier molecular flexibility index (Phi) is 5.08. The highest BCUT2D eigenvalue weighted by Gasteiger charge is 2.34. The predicted octanol–water partition coefficient (Wildman–Crippen LogP) is 0.935. The molecule has 8 heteroatoms. The van der Waals surface area contributed by atoms with Crippen LogP contribution in [0.25, 0.3) is 5.69 Å². The number of nitrogens with zero attached hydrogens (tertiary/aromatic N) is 4. The molecular weight excluding hydrogens is 322 g/mol. The quantitative estimate of drug-likeness (QED) is 0.776. The van der Waals surface area contributed by atoms with E-state index < -0.39 is 5.97 Å². The summed E-state index contributed by atoms with van der Waals surface area (Å²) >= 11 is 0. The molecular formula is C17H21N5O3. The van der Waals surface area contributed by atoms with Gasteiger partial charge in [0.05, 0.1) is 30.2 Å². The number of carboxylic acid groups (broad SMARTS) is 1. The van der Waals surface area contributed by atoms with E-state index in [4.69, 9.17) is 5.11 Å². The van der Waals surface area contributed by atoms with Crippen molar-refractivity contribution in [2.75, 3.05) is 13.1 Å². The summed E-state index contributed by atoms with van der Waals surface area (Å²) in [5.41, 5.74) is 1.28. The molecule has 25 heavy (non-hydrogen) atoms. The molecule has 0 atom stereocenters. The lowest BCUT2D eigenvalue weighted by Gasteiger charge is -2.42. The second-order valence-electron chi connectivity index (χ2n) is 6.14. The molecule has 1 amide bonds. The zero-order chi connectivity index (χ0) is 17.8. The van der Waals surface area contributed by atoms with Crippen molar-refractivity contribution in [2.45, 2.75) is 31.8 Å². The van der Waals surface area contributed by atoms with Gasteiger partial charge in [-0.25, -0.2) is 4.68 Å². The van der Waals surface area contributed by atoms with Gasteiger partial charge in [0.1, 0.15) is 0 Å². The molecule has 0 spiro atoms. The van der Waals surface area contributed by atoms with Gasteiger partial charge in [0.25, 0.3) is 5.91 Å². The topological polar surface area (TPSA) is 100 Å². The molecule has 0 unspecified atom stereocenters. The van der Waals surface area contributed by atoms with Crippen molar-refractivity contribution in [3.8, 4) is 5.69 Å². The third-order valence-electron chi connectivity index (χ3n) is 4.46. The maximum atomic E-state index is 12.3. The number of hydrogen-bond donors (Lipinski definition) is 2. The second-order valence-corrected chi connectivity index (χ2v) is 6.14. The smallest absolute Gasteiger partial charge is 0.317 e. The van der Waals surface area contributed by atoms with Gasteiger partial charge in [-0.1, -0.05) is 6.92 Å². The summed E-state index contributed by atoms with van der Waals surface area (Å²) in [5.74, 6) is -0.989. The number of carbonyl (C=O) groups excluding carboxylic acids is 1. The van der Waals surface area contributed by atoms with Crippen LogP contribution in [0.15, 0.2) is 36.9 Å². The van der Waals surface area contributed by atoms with E-state index >= 15 is 0 Å². The van der Waals surface area contributed by atoms with Crippen molar-refractivity contribution in [3.05, 3.63) is 42.5 Å². The number of amides is 1. The number of aromatic nitrogens is 3. The SMILES string of the molecule is CCN(CC(=O)O)C1CC(NC(=O)c2cnn(-c3cccnc3)c2)C1.